The predicted molar refractivity (Wildman–Crippen MR) is 118 cm³/mol. The van der Waals surface area contributed by atoms with Crippen molar-refractivity contribution in [3.63, 3.8) is 0 Å². The number of morpholine rings is 1. The number of hydrogen-bond donors (Lipinski definition) is 0. The first-order chi connectivity index (χ1) is 15.1. The first-order valence-corrected chi connectivity index (χ1v) is 11.1. The van der Waals surface area contributed by atoms with Crippen molar-refractivity contribution < 1.29 is 19.1 Å². The molecule has 0 bridgehead atoms. The van der Waals surface area contributed by atoms with Gasteiger partial charge in [-0.15, -0.1) is 0 Å². The van der Waals surface area contributed by atoms with E-state index >= 15 is 0 Å². The Hall–Kier alpha value is -2.42. The zero-order chi connectivity index (χ0) is 21.8. The summed E-state index contributed by atoms with van der Waals surface area (Å²) >= 11 is 0. The van der Waals surface area contributed by atoms with Gasteiger partial charge in [0.15, 0.2) is 0 Å². The van der Waals surface area contributed by atoms with Crippen molar-refractivity contribution in [2.24, 2.45) is 0 Å². The van der Waals surface area contributed by atoms with Crippen LogP contribution >= 0.6 is 0 Å². The van der Waals surface area contributed by atoms with Gasteiger partial charge in [0.25, 0.3) is 11.8 Å². The van der Waals surface area contributed by atoms with Crippen LogP contribution < -0.4 is 4.74 Å². The summed E-state index contributed by atoms with van der Waals surface area (Å²) in [4.78, 5) is 35.0. The van der Waals surface area contributed by atoms with Crippen LogP contribution in [-0.2, 0) is 14.3 Å². The highest BCUT2D eigenvalue weighted by molar-refractivity contribution is 6.36. The molecule has 4 rings (SSSR count). The third-order valence-electron chi connectivity index (χ3n) is 6.30. The van der Waals surface area contributed by atoms with E-state index in [9.17, 15) is 9.59 Å². The number of carbonyl (C=O) groups is 2. The lowest BCUT2D eigenvalue weighted by molar-refractivity contribution is -0.137. The van der Waals surface area contributed by atoms with E-state index in [-0.39, 0.29) is 11.8 Å². The molecule has 0 atom stereocenters. The van der Waals surface area contributed by atoms with E-state index in [0.29, 0.717) is 29.1 Å². The van der Waals surface area contributed by atoms with Gasteiger partial charge in [0.2, 0.25) is 0 Å². The van der Waals surface area contributed by atoms with E-state index in [0.717, 1.165) is 65.4 Å². The Balaban J connectivity index is 1.57. The Morgan fingerprint density at radius 2 is 1.65 bits per heavy atom. The standard InChI is InChI=1S/C23H32N4O4/c1-24-10-12-26(13-11-24)21-20(18-6-3-4-7-19(18)30-2)22(28)27(23(21)29)9-5-8-25-14-16-31-17-15-25/h3-4,6-7H,5,8-17H2,1-2H3. The normalized spacial score (nSPS) is 21.4. The van der Waals surface area contributed by atoms with Crippen molar-refractivity contribution in [3.8, 4) is 5.75 Å². The smallest absolute Gasteiger partial charge is 0.277 e. The third-order valence-corrected chi connectivity index (χ3v) is 6.30. The number of hydrogen-bond acceptors (Lipinski definition) is 7. The lowest BCUT2D eigenvalue weighted by Gasteiger charge is -2.34. The highest BCUT2D eigenvalue weighted by Crippen LogP contribution is 2.36. The first kappa shape index (κ1) is 21.8. The van der Waals surface area contributed by atoms with Gasteiger partial charge in [0.1, 0.15) is 11.4 Å². The molecule has 0 saturated carbocycles. The monoisotopic (exact) mass is 428 g/mol. The Morgan fingerprint density at radius 3 is 2.35 bits per heavy atom. The second kappa shape index (κ2) is 9.80. The van der Waals surface area contributed by atoms with E-state index in [1.54, 1.807) is 7.11 Å². The second-order valence-electron chi connectivity index (χ2n) is 8.28. The number of amides is 2. The van der Waals surface area contributed by atoms with Crippen molar-refractivity contribution in [3.05, 3.63) is 35.5 Å². The maximum Gasteiger partial charge on any atom is 0.277 e. The number of methoxy groups -OCH3 is 1. The molecule has 3 aliphatic rings. The van der Waals surface area contributed by atoms with Crippen molar-refractivity contribution in [1.82, 2.24) is 19.6 Å². The largest absolute Gasteiger partial charge is 0.496 e. The van der Waals surface area contributed by atoms with Crippen LogP contribution in [0.5, 0.6) is 5.75 Å². The summed E-state index contributed by atoms with van der Waals surface area (Å²) in [5.41, 5.74) is 1.68. The Morgan fingerprint density at radius 1 is 0.935 bits per heavy atom. The molecule has 3 aliphatic heterocycles. The Bertz CT molecular complexity index is 842. The minimum atomic E-state index is -0.217. The number of nitrogens with zero attached hydrogens (tertiary/aromatic N) is 4. The van der Waals surface area contributed by atoms with E-state index < -0.39 is 0 Å². The summed E-state index contributed by atoms with van der Waals surface area (Å²) in [6.45, 7) is 7.75. The molecule has 8 heteroatoms. The molecule has 0 spiro atoms. The molecule has 1 aromatic carbocycles. The van der Waals surface area contributed by atoms with Crippen LogP contribution in [0.3, 0.4) is 0 Å². The van der Waals surface area contributed by atoms with Crippen LogP contribution in [0.4, 0.5) is 0 Å². The molecule has 0 radical (unpaired) electrons. The third kappa shape index (κ3) is 4.61. The minimum absolute atomic E-state index is 0.183. The van der Waals surface area contributed by atoms with Gasteiger partial charge in [-0.1, -0.05) is 18.2 Å². The van der Waals surface area contributed by atoms with Crippen LogP contribution in [0.15, 0.2) is 30.0 Å². The van der Waals surface area contributed by atoms with Crippen LogP contribution in [0.25, 0.3) is 5.57 Å². The number of carbonyl (C=O) groups excluding carboxylic acids is 2. The lowest BCUT2D eigenvalue weighted by atomic mass is 10.0. The number of piperazine rings is 1. The molecular formula is C23H32N4O4. The number of likely N-dealkylation sites (N-methyl/N-ethyl adjacent to an activating group) is 1. The van der Waals surface area contributed by atoms with Gasteiger partial charge in [0, 0.05) is 57.9 Å². The fourth-order valence-electron chi connectivity index (χ4n) is 4.46. The van der Waals surface area contributed by atoms with Crippen LogP contribution in [0.2, 0.25) is 0 Å². The van der Waals surface area contributed by atoms with E-state index in [4.69, 9.17) is 9.47 Å². The molecule has 0 aromatic heterocycles. The van der Waals surface area contributed by atoms with Crippen molar-refractivity contribution in [2.75, 3.05) is 79.7 Å². The maximum atomic E-state index is 13.5. The van der Waals surface area contributed by atoms with Gasteiger partial charge >= 0.3 is 0 Å². The van der Waals surface area contributed by atoms with Gasteiger partial charge in [-0.05, 0) is 19.5 Å². The molecule has 31 heavy (non-hydrogen) atoms. The molecule has 168 valence electrons. The summed E-state index contributed by atoms with van der Waals surface area (Å²) in [7, 11) is 3.67. The number of rotatable bonds is 7. The molecule has 0 unspecified atom stereocenters. The number of imide groups is 1. The summed E-state index contributed by atoms with van der Waals surface area (Å²) in [5, 5.41) is 0. The van der Waals surface area contributed by atoms with Crippen molar-refractivity contribution >= 4 is 17.4 Å². The van der Waals surface area contributed by atoms with Gasteiger partial charge in [-0.25, -0.2) is 0 Å². The predicted octanol–water partition coefficient (Wildman–Crippen LogP) is 0.745. The van der Waals surface area contributed by atoms with Crippen molar-refractivity contribution in [1.29, 1.82) is 0 Å². The van der Waals surface area contributed by atoms with Gasteiger partial charge in [0.05, 0.1) is 25.9 Å². The van der Waals surface area contributed by atoms with Crippen LogP contribution in [0, 0.1) is 0 Å². The molecule has 1 aromatic rings. The first-order valence-electron chi connectivity index (χ1n) is 11.1. The molecular weight excluding hydrogens is 396 g/mol. The fraction of sp³-hybridized carbons (Fsp3) is 0.565. The highest BCUT2D eigenvalue weighted by Gasteiger charge is 2.42. The van der Waals surface area contributed by atoms with Crippen LogP contribution in [-0.4, -0.2) is 111 Å². The minimum Gasteiger partial charge on any atom is -0.496 e. The molecule has 0 aliphatic carbocycles. The molecule has 2 fully saturated rings. The Kier molecular flexibility index (Phi) is 6.89. The van der Waals surface area contributed by atoms with Crippen LogP contribution in [0.1, 0.15) is 12.0 Å². The summed E-state index contributed by atoms with van der Waals surface area (Å²) in [5.74, 6) is 0.211. The van der Waals surface area contributed by atoms with Gasteiger partial charge in [-0.3, -0.25) is 19.4 Å². The van der Waals surface area contributed by atoms with E-state index in [2.05, 4.69) is 21.7 Å². The van der Waals surface area contributed by atoms with E-state index in [1.807, 2.05) is 24.3 Å². The quantitative estimate of drug-likeness (QED) is 0.594. The number of ether oxygens (including phenoxy) is 2. The van der Waals surface area contributed by atoms with Gasteiger partial charge < -0.3 is 19.3 Å². The molecule has 2 saturated heterocycles. The summed E-state index contributed by atoms with van der Waals surface area (Å²) in [6.07, 6.45) is 0.757. The average Bonchev–Trinajstić information content (AvgIpc) is 3.05. The molecule has 2 amide bonds. The fourth-order valence-corrected chi connectivity index (χ4v) is 4.46. The zero-order valence-corrected chi connectivity index (χ0v) is 18.5. The molecule has 0 N–H and O–H groups in total. The maximum absolute atomic E-state index is 13.5. The lowest BCUT2D eigenvalue weighted by Crippen LogP contribution is -2.46. The van der Waals surface area contributed by atoms with E-state index in [1.165, 1.54) is 4.90 Å². The molecule has 3 heterocycles. The topological polar surface area (TPSA) is 65.6 Å². The number of para-hydroxylation sites is 1. The van der Waals surface area contributed by atoms with Gasteiger partial charge in [-0.2, -0.15) is 0 Å². The summed E-state index contributed by atoms with van der Waals surface area (Å²) < 4.78 is 10.9. The second-order valence-corrected chi connectivity index (χ2v) is 8.28. The highest BCUT2D eigenvalue weighted by atomic mass is 16.5. The SMILES string of the molecule is COc1ccccc1C1=C(N2CCN(C)CC2)C(=O)N(CCCN2CCOCC2)C1=O. The zero-order valence-electron chi connectivity index (χ0n) is 18.5. The number of benzene rings is 1. The molecule has 8 nitrogen and oxygen atoms in total. The Labute approximate surface area is 184 Å². The average molecular weight is 429 g/mol. The summed E-state index contributed by atoms with van der Waals surface area (Å²) in [6, 6.07) is 7.46. The van der Waals surface area contributed by atoms with Crippen molar-refractivity contribution in [2.45, 2.75) is 6.42 Å².